The molecule has 1 atom stereocenters. The highest BCUT2D eigenvalue weighted by atomic mass is 32.2. The Morgan fingerprint density at radius 3 is 2.65 bits per heavy atom. The fourth-order valence-corrected chi connectivity index (χ4v) is 4.82. The number of guanidine groups is 1. The summed E-state index contributed by atoms with van der Waals surface area (Å²) in [4.78, 5) is 4.50. The SMILES string of the molecule is CCNC(=NCc1ccccc1C)NCC(O)CS(=O)(=O)c1cccs1. The number of aliphatic hydroxyl groups excluding tert-OH is 1. The van der Waals surface area contributed by atoms with E-state index in [1.807, 2.05) is 38.1 Å². The van der Waals surface area contributed by atoms with Crippen molar-refractivity contribution in [3.8, 4) is 0 Å². The monoisotopic (exact) mass is 395 g/mol. The van der Waals surface area contributed by atoms with Crippen LogP contribution in [0.15, 0.2) is 51.0 Å². The Balaban J connectivity index is 1.93. The van der Waals surface area contributed by atoms with Gasteiger partial charge < -0.3 is 15.7 Å². The highest BCUT2D eigenvalue weighted by molar-refractivity contribution is 7.93. The number of hydrogen-bond donors (Lipinski definition) is 3. The van der Waals surface area contributed by atoms with Gasteiger partial charge in [-0.25, -0.2) is 13.4 Å². The molecule has 2 rings (SSSR count). The largest absolute Gasteiger partial charge is 0.390 e. The van der Waals surface area contributed by atoms with Crippen molar-refractivity contribution in [2.24, 2.45) is 4.99 Å². The Hall–Kier alpha value is -1.90. The molecule has 0 saturated heterocycles. The van der Waals surface area contributed by atoms with Crippen LogP contribution in [-0.4, -0.2) is 44.4 Å². The summed E-state index contributed by atoms with van der Waals surface area (Å²) in [6, 6.07) is 11.2. The van der Waals surface area contributed by atoms with Crippen molar-refractivity contribution < 1.29 is 13.5 Å². The molecular weight excluding hydrogens is 370 g/mol. The van der Waals surface area contributed by atoms with Crippen molar-refractivity contribution in [2.45, 2.75) is 30.7 Å². The smallest absolute Gasteiger partial charge is 0.191 e. The van der Waals surface area contributed by atoms with Crippen molar-refractivity contribution in [3.63, 3.8) is 0 Å². The number of sulfone groups is 1. The van der Waals surface area contributed by atoms with Crippen LogP contribution >= 0.6 is 11.3 Å². The molecule has 8 heteroatoms. The Morgan fingerprint density at radius 2 is 2.00 bits per heavy atom. The average Bonchev–Trinajstić information content (AvgIpc) is 3.14. The number of rotatable bonds is 8. The van der Waals surface area contributed by atoms with Crippen molar-refractivity contribution >= 4 is 27.1 Å². The van der Waals surface area contributed by atoms with E-state index >= 15 is 0 Å². The molecule has 0 fully saturated rings. The van der Waals surface area contributed by atoms with E-state index in [0.29, 0.717) is 19.0 Å². The molecular formula is C18H25N3O3S2. The lowest BCUT2D eigenvalue weighted by Crippen LogP contribution is -2.42. The molecule has 142 valence electrons. The molecule has 0 amide bonds. The quantitative estimate of drug-likeness (QED) is 0.469. The predicted molar refractivity (Wildman–Crippen MR) is 106 cm³/mol. The molecule has 2 aromatic rings. The van der Waals surface area contributed by atoms with E-state index in [4.69, 9.17) is 0 Å². The highest BCUT2D eigenvalue weighted by Gasteiger charge is 2.20. The van der Waals surface area contributed by atoms with Gasteiger partial charge in [-0.1, -0.05) is 30.3 Å². The second kappa shape index (κ2) is 9.70. The van der Waals surface area contributed by atoms with Gasteiger partial charge in [0.2, 0.25) is 0 Å². The number of benzene rings is 1. The van der Waals surface area contributed by atoms with Gasteiger partial charge in [0, 0.05) is 13.1 Å². The summed E-state index contributed by atoms with van der Waals surface area (Å²) >= 11 is 1.16. The van der Waals surface area contributed by atoms with E-state index in [-0.39, 0.29) is 16.5 Å². The number of aliphatic hydroxyl groups is 1. The van der Waals surface area contributed by atoms with Gasteiger partial charge in [-0.3, -0.25) is 0 Å². The number of thiophene rings is 1. The Bertz CT molecular complexity index is 818. The number of aryl methyl sites for hydroxylation is 1. The summed E-state index contributed by atoms with van der Waals surface area (Å²) < 4.78 is 24.7. The molecule has 0 aliphatic carbocycles. The maximum atomic E-state index is 12.2. The van der Waals surface area contributed by atoms with Gasteiger partial charge in [-0.15, -0.1) is 11.3 Å². The first-order valence-corrected chi connectivity index (χ1v) is 11.0. The third kappa shape index (κ3) is 6.12. The number of aliphatic imine (C=N–C) groups is 1. The van der Waals surface area contributed by atoms with Crippen molar-refractivity contribution in [2.75, 3.05) is 18.8 Å². The normalized spacial score (nSPS) is 13.4. The third-order valence-corrected chi connectivity index (χ3v) is 7.02. The van der Waals surface area contributed by atoms with E-state index in [2.05, 4.69) is 15.6 Å². The van der Waals surface area contributed by atoms with E-state index in [0.717, 1.165) is 22.5 Å². The minimum atomic E-state index is -3.47. The van der Waals surface area contributed by atoms with E-state index in [9.17, 15) is 13.5 Å². The van der Waals surface area contributed by atoms with Crippen LogP contribution in [0.2, 0.25) is 0 Å². The van der Waals surface area contributed by atoms with Gasteiger partial charge in [-0.2, -0.15) is 0 Å². The lowest BCUT2D eigenvalue weighted by atomic mass is 10.1. The van der Waals surface area contributed by atoms with Crippen LogP contribution in [0, 0.1) is 6.92 Å². The summed E-state index contributed by atoms with van der Waals surface area (Å²) in [7, 11) is -3.47. The van der Waals surface area contributed by atoms with Crippen LogP contribution in [0.3, 0.4) is 0 Å². The van der Waals surface area contributed by atoms with Crippen LogP contribution in [0.25, 0.3) is 0 Å². The molecule has 1 aromatic carbocycles. The molecule has 1 unspecified atom stereocenters. The fourth-order valence-electron chi connectivity index (χ4n) is 2.34. The molecule has 0 saturated carbocycles. The van der Waals surface area contributed by atoms with E-state index < -0.39 is 15.9 Å². The van der Waals surface area contributed by atoms with Crippen molar-refractivity contribution in [3.05, 3.63) is 52.9 Å². The summed E-state index contributed by atoms with van der Waals surface area (Å²) in [6.45, 7) is 5.26. The lowest BCUT2D eigenvalue weighted by molar-refractivity contribution is 0.200. The average molecular weight is 396 g/mol. The second-order valence-electron chi connectivity index (χ2n) is 5.87. The van der Waals surface area contributed by atoms with Crippen LogP contribution in [-0.2, 0) is 16.4 Å². The number of nitrogens with one attached hydrogen (secondary N) is 2. The summed E-state index contributed by atoms with van der Waals surface area (Å²) in [5.41, 5.74) is 2.28. The Labute approximate surface area is 158 Å². The minimum Gasteiger partial charge on any atom is -0.390 e. The van der Waals surface area contributed by atoms with Gasteiger partial charge in [-0.05, 0) is 36.4 Å². The van der Waals surface area contributed by atoms with Gasteiger partial charge in [0.25, 0.3) is 0 Å². The third-order valence-electron chi connectivity index (χ3n) is 3.73. The van der Waals surface area contributed by atoms with Gasteiger partial charge >= 0.3 is 0 Å². The van der Waals surface area contributed by atoms with Crippen LogP contribution < -0.4 is 10.6 Å². The zero-order chi connectivity index (χ0) is 19.0. The Morgan fingerprint density at radius 1 is 1.23 bits per heavy atom. The Kier molecular flexibility index (Phi) is 7.62. The van der Waals surface area contributed by atoms with Gasteiger partial charge in [0.05, 0.1) is 18.4 Å². The zero-order valence-corrected chi connectivity index (χ0v) is 16.6. The van der Waals surface area contributed by atoms with Crippen molar-refractivity contribution in [1.29, 1.82) is 0 Å². The van der Waals surface area contributed by atoms with Crippen LogP contribution in [0.1, 0.15) is 18.1 Å². The first-order chi connectivity index (χ1) is 12.4. The summed E-state index contributed by atoms with van der Waals surface area (Å²) in [6.07, 6.45) is -1.02. The second-order valence-corrected chi connectivity index (χ2v) is 9.08. The summed E-state index contributed by atoms with van der Waals surface area (Å²) in [5.74, 6) is 0.223. The topological polar surface area (TPSA) is 90.8 Å². The molecule has 6 nitrogen and oxygen atoms in total. The predicted octanol–water partition coefficient (Wildman–Crippen LogP) is 1.95. The molecule has 1 heterocycles. The number of nitrogens with zero attached hydrogens (tertiary/aromatic N) is 1. The molecule has 0 aliphatic heterocycles. The molecule has 0 bridgehead atoms. The van der Waals surface area contributed by atoms with Crippen LogP contribution in [0.4, 0.5) is 0 Å². The van der Waals surface area contributed by atoms with Crippen molar-refractivity contribution in [1.82, 2.24) is 10.6 Å². The standard InChI is InChI=1S/C18H25N3O3S2/c1-3-19-18(20-11-15-8-5-4-7-14(15)2)21-12-16(22)13-26(23,24)17-9-6-10-25-17/h4-10,16,22H,3,11-13H2,1-2H3,(H2,19,20,21). The first-order valence-electron chi connectivity index (χ1n) is 8.43. The van der Waals surface area contributed by atoms with Gasteiger partial charge in [0.15, 0.2) is 15.8 Å². The lowest BCUT2D eigenvalue weighted by Gasteiger charge is -2.15. The summed E-state index contributed by atoms with van der Waals surface area (Å²) in [5, 5.41) is 17.9. The molecule has 3 N–H and O–H groups in total. The molecule has 0 spiro atoms. The van der Waals surface area contributed by atoms with E-state index in [1.165, 1.54) is 0 Å². The highest BCUT2D eigenvalue weighted by Crippen LogP contribution is 2.18. The van der Waals surface area contributed by atoms with Gasteiger partial charge in [0.1, 0.15) is 4.21 Å². The molecule has 0 aliphatic rings. The number of hydrogen-bond acceptors (Lipinski definition) is 5. The van der Waals surface area contributed by atoms with Crippen LogP contribution in [0.5, 0.6) is 0 Å². The fraction of sp³-hybridized carbons (Fsp3) is 0.389. The maximum Gasteiger partial charge on any atom is 0.191 e. The zero-order valence-electron chi connectivity index (χ0n) is 15.0. The first kappa shape index (κ1) is 20.4. The maximum absolute atomic E-state index is 12.2. The van der Waals surface area contributed by atoms with E-state index in [1.54, 1.807) is 17.5 Å². The molecule has 1 aromatic heterocycles. The minimum absolute atomic E-state index is 0.101. The molecule has 26 heavy (non-hydrogen) atoms. The molecule has 0 radical (unpaired) electrons.